The van der Waals surface area contributed by atoms with E-state index in [-0.39, 0.29) is 10.8 Å². The maximum Gasteiger partial charge on any atom is 0.210 e. The normalized spacial score (nSPS) is 19.5. The number of halogens is 1. The molecule has 3 aliphatic rings. The van der Waals surface area contributed by atoms with Gasteiger partial charge in [0.05, 0.1) is 5.41 Å². The van der Waals surface area contributed by atoms with E-state index in [4.69, 9.17) is 11.6 Å². The molecule has 0 atom stereocenters. The minimum Gasteiger partial charge on any atom is -0.344 e. The van der Waals surface area contributed by atoms with E-state index in [1.807, 2.05) is 0 Å². The van der Waals surface area contributed by atoms with Gasteiger partial charge in [0.1, 0.15) is 6.54 Å². The first-order chi connectivity index (χ1) is 25.7. The van der Waals surface area contributed by atoms with Gasteiger partial charge < -0.3 is 4.90 Å². The summed E-state index contributed by atoms with van der Waals surface area (Å²) in [6.45, 7) is 16.3. The van der Waals surface area contributed by atoms with Gasteiger partial charge in [-0.3, -0.25) is 0 Å². The SMILES string of the molecule is CCCCCCN1/C(=C/C=C2/CCCC(/C=C/C3=[N+](CCCCCC)c4ccc5ccccc5c4C3(C)C)=C2Cl)C(C)(C)c2c1ccc1ccccc21. The van der Waals surface area contributed by atoms with Gasteiger partial charge in [-0.2, -0.15) is 4.58 Å². The molecule has 0 aromatic heterocycles. The molecule has 3 heteroatoms. The van der Waals surface area contributed by atoms with E-state index in [1.165, 1.54) is 118 Å². The number of anilines is 1. The smallest absolute Gasteiger partial charge is 0.210 e. The maximum atomic E-state index is 7.40. The van der Waals surface area contributed by atoms with Crippen molar-refractivity contribution in [2.45, 2.75) is 123 Å². The Morgan fingerprint density at radius 3 is 2.06 bits per heavy atom. The van der Waals surface area contributed by atoms with Crippen LogP contribution in [0.4, 0.5) is 11.4 Å². The fourth-order valence-electron chi connectivity index (χ4n) is 9.51. The summed E-state index contributed by atoms with van der Waals surface area (Å²) in [4.78, 5) is 2.62. The molecule has 1 aliphatic carbocycles. The van der Waals surface area contributed by atoms with Crippen LogP contribution in [0, 0.1) is 0 Å². The number of rotatable bonds is 13. The van der Waals surface area contributed by atoms with Crippen molar-refractivity contribution in [2.75, 3.05) is 18.0 Å². The van der Waals surface area contributed by atoms with E-state index in [2.05, 4.69) is 148 Å². The first-order valence-electron chi connectivity index (χ1n) is 20.6. The second-order valence-corrected chi connectivity index (χ2v) is 17.1. The lowest BCUT2D eigenvalue weighted by molar-refractivity contribution is -0.438. The average molecular weight is 724 g/mol. The largest absolute Gasteiger partial charge is 0.344 e. The van der Waals surface area contributed by atoms with Gasteiger partial charge in [0.25, 0.3) is 0 Å². The molecule has 276 valence electrons. The van der Waals surface area contributed by atoms with Crippen molar-refractivity contribution in [1.29, 1.82) is 0 Å². The van der Waals surface area contributed by atoms with Gasteiger partial charge >= 0.3 is 0 Å². The molecule has 2 heterocycles. The number of benzene rings is 4. The van der Waals surface area contributed by atoms with E-state index in [0.717, 1.165) is 37.4 Å². The molecule has 4 aromatic carbocycles. The first kappa shape index (κ1) is 37.4. The van der Waals surface area contributed by atoms with E-state index in [9.17, 15) is 0 Å². The summed E-state index contributed by atoms with van der Waals surface area (Å²) in [5.74, 6) is 0. The highest BCUT2D eigenvalue weighted by Crippen LogP contribution is 2.51. The summed E-state index contributed by atoms with van der Waals surface area (Å²) >= 11 is 7.40. The van der Waals surface area contributed by atoms with Crippen molar-refractivity contribution >= 4 is 50.2 Å². The molecule has 0 unspecified atom stereocenters. The minimum absolute atomic E-state index is 0.115. The lowest BCUT2D eigenvalue weighted by Crippen LogP contribution is -2.28. The van der Waals surface area contributed by atoms with E-state index >= 15 is 0 Å². The molecule has 0 saturated heterocycles. The maximum absolute atomic E-state index is 7.40. The summed E-state index contributed by atoms with van der Waals surface area (Å²) in [7, 11) is 0. The molecular formula is C50H60ClN2+. The Hall–Kier alpha value is -3.88. The Labute approximate surface area is 324 Å². The van der Waals surface area contributed by atoms with Crippen LogP contribution < -0.4 is 4.90 Å². The number of nitrogens with zero attached hydrogens (tertiary/aromatic N) is 2. The zero-order chi connectivity index (χ0) is 37.2. The van der Waals surface area contributed by atoms with Crippen LogP contribution in [-0.4, -0.2) is 23.4 Å². The van der Waals surface area contributed by atoms with Gasteiger partial charge in [-0.05, 0) is 102 Å². The van der Waals surface area contributed by atoms with Crippen LogP contribution in [0.3, 0.4) is 0 Å². The summed E-state index contributed by atoms with van der Waals surface area (Å²) in [5.41, 5.74) is 10.7. The number of unbranched alkanes of at least 4 members (excludes halogenated alkanes) is 6. The van der Waals surface area contributed by atoms with Gasteiger partial charge in [0.15, 0.2) is 5.71 Å². The van der Waals surface area contributed by atoms with Gasteiger partial charge in [-0.15, -0.1) is 0 Å². The third kappa shape index (κ3) is 7.09. The van der Waals surface area contributed by atoms with Crippen LogP contribution in [0.2, 0.25) is 0 Å². The number of fused-ring (bicyclic) bond motifs is 6. The van der Waals surface area contributed by atoms with Crippen LogP contribution in [-0.2, 0) is 10.8 Å². The van der Waals surface area contributed by atoms with Crippen LogP contribution in [0.5, 0.6) is 0 Å². The lowest BCUT2D eigenvalue weighted by Gasteiger charge is -2.27. The quantitative estimate of drug-likeness (QED) is 0.0983. The van der Waals surface area contributed by atoms with Gasteiger partial charge in [-0.25, -0.2) is 0 Å². The van der Waals surface area contributed by atoms with E-state index in [1.54, 1.807) is 0 Å². The second kappa shape index (κ2) is 15.8. The molecule has 7 rings (SSSR count). The molecule has 0 saturated carbocycles. The topological polar surface area (TPSA) is 6.25 Å². The van der Waals surface area contributed by atoms with Crippen molar-refractivity contribution in [1.82, 2.24) is 0 Å². The Bertz CT molecular complexity index is 2150. The Kier molecular flexibility index (Phi) is 11.2. The molecular weight excluding hydrogens is 664 g/mol. The molecule has 4 aromatic rings. The molecule has 2 aliphatic heterocycles. The third-order valence-corrected chi connectivity index (χ3v) is 12.8. The van der Waals surface area contributed by atoms with Crippen molar-refractivity contribution < 1.29 is 4.58 Å². The molecule has 0 N–H and O–H groups in total. The lowest BCUT2D eigenvalue weighted by atomic mass is 9.78. The monoisotopic (exact) mass is 723 g/mol. The minimum atomic E-state index is -0.115. The molecule has 0 spiro atoms. The average Bonchev–Trinajstić information content (AvgIpc) is 3.52. The molecule has 0 radical (unpaired) electrons. The predicted octanol–water partition coefficient (Wildman–Crippen LogP) is 14.4. The third-order valence-electron chi connectivity index (χ3n) is 12.3. The molecule has 0 amide bonds. The highest BCUT2D eigenvalue weighted by atomic mass is 35.5. The predicted molar refractivity (Wildman–Crippen MR) is 231 cm³/mol. The van der Waals surface area contributed by atoms with Crippen LogP contribution in [0.1, 0.15) is 123 Å². The summed E-state index contributed by atoms with van der Waals surface area (Å²) in [5, 5.41) is 6.31. The van der Waals surface area contributed by atoms with Crippen molar-refractivity contribution in [3.05, 3.63) is 130 Å². The number of hydrogen-bond acceptors (Lipinski definition) is 1. The van der Waals surface area contributed by atoms with Gasteiger partial charge in [0.2, 0.25) is 5.69 Å². The highest BCUT2D eigenvalue weighted by Gasteiger charge is 2.45. The zero-order valence-corrected chi connectivity index (χ0v) is 34.0. The standard InChI is InChI=1S/C50H60ClN2/c1-7-9-11-17-34-52-42-30-26-36-20-13-15-24-40(36)46(42)49(3,4)44(52)32-28-38-22-19-23-39(48(38)51)29-33-45-50(5,6)47-41-25-16-14-21-37(41)27-31-43(47)53(45)35-18-12-10-8-2/h13-16,20-21,24-33H,7-12,17-19,22-23,34-35H2,1-6H3/q+1. The zero-order valence-electron chi connectivity index (χ0n) is 33.2. The van der Waals surface area contributed by atoms with E-state index < -0.39 is 0 Å². The van der Waals surface area contributed by atoms with Crippen LogP contribution >= 0.6 is 11.6 Å². The van der Waals surface area contributed by atoms with Crippen molar-refractivity contribution in [2.24, 2.45) is 0 Å². The van der Waals surface area contributed by atoms with E-state index in [0.29, 0.717) is 0 Å². The van der Waals surface area contributed by atoms with Gasteiger partial charge in [-0.1, -0.05) is 138 Å². The Balaban J connectivity index is 1.24. The second-order valence-electron chi connectivity index (χ2n) is 16.7. The highest BCUT2D eigenvalue weighted by molar-refractivity contribution is 6.32. The van der Waals surface area contributed by atoms with Crippen molar-refractivity contribution in [3.8, 4) is 0 Å². The van der Waals surface area contributed by atoms with Gasteiger partial charge in [0, 0.05) is 52.5 Å². The fraction of sp³-hybridized carbons (Fsp3) is 0.420. The summed E-state index contributed by atoms with van der Waals surface area (Å²) < 4.78 is 2.62. The first-order valence-corrected chi connectivity index (χ1v) is 21.0. The molecule has 0 fully saturated rings. The van der Waals surface area contributed by atoms with Crippen LogP contribution in [0.25, 0.3) is 21.5 Å². The summed E-state index contributed by atoms with van der Waals surface area (Å²) in [6.07, 6.45) is 22.7. The van der Waals surface area contributed by atoms with Crippen LogP contribution in [0.15, 0.2) is 119 Å². The number of allylic oxidation sites excluding steroid dienone is 8. The number of hydrogen-bond donors (Lipinski definition) is 0. The Morgan fingerprint density at radius 2 is 1.34 bits per heavy atom. The summed E-state index contributed by atoms with van der Waals surface area (Å²) in [6, 6.07) is 27.1. The van der Waals surface area contributed by atoms with Crippen molar-refractivity contribution in [3.63, 3.8) is 0 Å². The Morgan fingerprint density at radius 1 is 0.679 bits per heavy atom. The fourth-order valence-corrected chi connectivity index (χ4v) is 9.83. The molecule has 2 nitrogen and oxygen atoms in total. The molecule has 0 bridgehead atoms. The molecule has 53 heavy (non-hydrogen) atoms.